The summed E-state index contributed by atoms with van der Waals surface area (Å²) in [5, 5.41) is 6.56. The largest absolute Gasteiger partial charge is 0.489 e. The van der Waals surface area contributed by atoms with Crippen LogP contribution >= 0.6 is 0 Å². The predicted octanol–water partition coefficient (Wildman–Crippen LogP) is 4.16. The van der Waals surface area contributed by atoms with Gasteiger partial charge in [0, 0.05) is 18.4 Å². The van der Waals surface area contributed by atoms with Gasteiger partial charge < -0.3 is 20.3 Å². The molecule has 2 aromatic carbocycles. The smallest absolute Gasteiger partial charge is 0.229 e. The molecular formula is C22H27N5O. The lowest BCUT2D eigenvalue weighted by atomic mass is 10.2. The number of hydrogen-bond donors (Lipinski definition) is 2. The summed E-state index contributed by atoms with van der Waals surface area (Å²) in [6, 6.07) is 19.8. The van der Waals surface area contributed by atoms with Gasteiger partial charge in [-0.2, -0.15) is 4.98 Å². The van der Waals surface area contributed by atoms with Crippen molar-refractivity contribution in [2.45, 2.75) is 13.0 Å². The molecule has 1 heterocycles. The third kappa shape index (κ3) is 6.55. The van der Waals surface area contributed by atoms with Gasteiger partial charge >= 0.3 is 0 Å². The molecule has 0 spiro atoms. The van der Waals surface area contributed by atoms with E-state index >= 15 is 0 Å². The number of benzene rings is 2. The molecule has 146 valence electrons. The molecule has 0 amide bonds. The second-order valence-corrected chi connectivity index (χ2v) is 6.77. The molecule has 0 saturated carbocycles. The summed E-state index contributed by atoms with van der Waals surface area (Å²) in [6.07, 6.45) is 2.81. The molecule has 0 aliphatic rings. The fourth-order valence-electron chi connectivity index (χ4n) is 2.63. The standard InChI is InChI=1S/C22H27N5O/c1-27(2)16-6-14-23-21-13-15-24-22(26-21)25-19-9-11-20(12-10-19)28-17-18-7-4-3-5-8-18/h3-5,7-13,15H,6,14,16-17H2,1-2H3,(H2,23,24,25,26). The fraction of sp³-hybridized carbons (Fsp3) is 0.273. The van der Waals surface area contributed by atoms with Crippen LogP contribution in [0.3, 0.4) is 0 Å². The lowest BCUT2D eigenvalue weighted by molar-refractivity contribution is 0.306. The quantitative estimate of drug-likeness (QED) is 0.517. The van der Waals surface area contributed by atoms with Crippen molar-refractivity contribution in [2.75, 3.05) is 37.8 Å². The lowest BCUT2D eigenvalue weighted by Crippen LogP contribution is -2.16. The highest BCUT2D eigenvalue weighted by atomic mass is 16.5. The van der Waals surface area contributed by atoms with Crippen LogP contribution in [0.15, 0.2) is 66.9 Å². The number of nitrogens with one attached hydrogen (secondary N) is 2. The summed E-state index contributed by atoms with van der Waals surface area (Å²) in [4.78, 5) is 11.0. The molecule has 0 saturated heterocycles. The van der Waals surface area contributed by atoms with Gasteiger partial charge in [0.05, 0.1) is 0 Å². The minimum atomic E-state index is 0.554. The zero-order chi connectivity index (χ0) is 19.6. The first kappa shape index (κ1) is 19.6. The van der Waals surface area contributed by atoms with E-state index in [-0.39, 0.29) is 0 Å². The minimum absolute atomic E-state index is 0.554. The Balaban J connectivity index is 1.50. The van der Waals surface area contributed by atoms with Gasteiger partial charge in [0.2, 0.25) is 5.95 Å². The zero-order valence-corrected chi connectivity index (χ0v) is 16.4. The van der Waals surface area contributed by atoms with Gasteiger partial charge in [0.25, 0.3) is 0 Å². The second-order valence-electron chi connectivity index (χ2n) is 6.77. The van der Waals surface area contributed by atoms with Crippen molar-refractivity contribution in [3.05, 3.63) is 72.4 Å². The number of aromatic nitrogens is 2. The summed E-state index contributed by atoms with van der Waals surface area (Å²) in [5.41, 5.74) is 2.06. The van der Waals surface area contributed by atoms with Gasteiger partial charge in [-0.25, -0.2) is 4.98 Å². The van der Waals surface area contributed by atoms with Crippen molar-refractivity contribution in [1.29, 1.82) is 0 Å². The first-order valence-electron chi connectivity index (χ1n) is 9.44. The zero-order valence-electron chi connectivity index (χ0n) is 16.4. The van der Waals surface area contributed by atoms with E-state index in [0.29, 0.717) is 12.6 Å². The second kappa shape index (κ2) is 10.3. The molecule has 6 heteroatoms. The Morgan fingerprint density at radius 2 is 1.75 bits per heavy atom. The van der Waals surface area contributed by atoms with E-state index in [9.17, 15) is 0 Å². The molecule has 0 bridgehead atoms. The highest BCUT2D eigenvalue weighted by Crippen LogP contribution is 2.19. The average molecular weight is 377 g/mol. The van der Waals surface area contributed by atoms with E-state index in [2.05, 4.69) is 51.7 Å². The Labute approximate surface area is 166 Å². The molecular weight excluding hydrogens is 350 g/mol. The number of hydrogen-bond acceptors (Lipinski definition) is 6. The van der Waals surface area contributed by atoms with Crippen LogP contribution in [0.5, 0.6) is 5.75 Å². The number of anilines is 3. The van der Waals surface area contributed by atoms with Crippen LogP contribution in [0.4, 0.5) is 17.5 Å². The Morgan fingerprint density at radius 1 is 0.964 bits per heavy atom. The van der Waals surface area contributed by atoms with Crippen molar-refractivity contribution in [3.63, 3.8) is 0 Å². The fourth-order valence-corrected chi connectivity index (χ4v) is 2.63. The first-order valence-corrected chi connectivity index (χ1v) is 9.44. The van der Waals surface area contributed by atoms with E-state index in [4.69, 9.17) is 4.74 Å². The van der Waals surface area contributed by atoms with E-state index in [1.54, 1.807) is 6.20 Å². The number of nitrogens with zero attached hydrogens (tertiary/aromatic N) is 3. The highest BCUT2D eigenvalue weighted by molar-refractivity contribution is 5.55. The van der Waals surface area contributed by atoms with E-state index in [1.807, 2.05) is 48.5 Å². The van der Waals surface area contributed by atoms with Crippen LogP contribution in [-0.2, 0) is 6.61 Å². The van der Waals surface area contributed by atoms with Crippen molar-refractivity contribution in [3.8, 4) is 5.75 Å². The molecule has 3 rings (SSSR count). The van der Waals surface area contributed by atoms with Gasteiger partial charge in [-0.15, -0.1) is 0 Å². The molecule has 0 atom stereocenters. The molecule has 0 radical (unpaired) electrons. The molecule has 0 aliphatic carbocycles. The Morgan fingerprint density at radius 3 is 2.50 bits per heavy atom. The van der Waals surface area contributed by atoms with Crippen LogP contribution in [0, 0.1) is 0 Å². The van der Waals surface area contributed by atoms with Gasteiger partial charge in [0.15, 0.2) is 0 Å². The maximum absolute atomic E-state index is 5.82. The van der Waals surface area contributed by atoms with Crippen LogP contribution in [0.25, 0.3) is 0 Å². The number of ether oxygens (including phenoxy) is 1. The first-order chi connectivity index (χ1) is 13.7. The molecule has 6 nitrogen and oxygen atoms in total. The third-order valence-corrected chi connectivity index (χ3v) is 4.10. The average Bonchev–Trinajstić information content (AvgIpc) is 2.72. The number of rotatable bonds is 10. The molecule has 0 aliphatic heterocycles. The van der Waals surface area contributed by atoms with Crippen molar-refractivity contribution < 1.29 is 4.74 Å². The molecule has 0 unspecified atom stereocenters. The predicted molar refractivity (Wildman–Crippen MR) is 114 cm³/mol. The van der Waals surface area contributed by atoms with Crippen molar-refractivity contribution in [2.24, 2.45) is 0 Å². The minimum Gasteiger partial charge on any atom is -0.489 e. The summed E-state index contributed by atoms with van der Waals surface area (Å²) >= 11 is 0. The summed E-state index contributed by atoms with van der Waals surface area (Å²) in [6.45, 7) is 2.47. The van der Waals surface area contributed by atoms with Gasteiger partial charge in [-0.05, 0) is 63.0 Å². The summed E-state index contributed by atoms with van der Waals surface area (Å²) < 4.78 is 5.82. The summed E-state index contributed by atoms with van der Waals surface area (Å²) in [7, 11) is 4.15. The SMILES string of the molecule is CN(C)CCCNc1ccnc(Nc2ccc(OCc3ccccc3)cc2)n1. The maximum atomic E-state index is 5.82. The van der Waals surface area contributed by atoms with E-state index in [1.165, 1.54) is 0 Å². The maximum Gasteiger partial charge on any atom is 0.229 e. The molecule has 1 aromatic heterocycles. The third-order valence-electron chi connectivity index (χ3n) is 4.10. The van der Waals surface area contributed by atoms with E-state index < -0.39 is 0 Å². The lowest BCUT2D eigenvalue weighted by Gasteiger charge is -2.11. The van der Waals surface area contributed by atoms with E-state index in [0.717, 1.165) is 42.3 Å². The molecule has 3 aromatic rings. The Hall–Kier alpha value is -3.12. The molecule has 0 fully saturated rings. The Bertz CT molecular complexity index is 837. The van der Waals surface area contributed by atoms with Gasteiger partial charge in [0.1, 0.15) is 18.2 Å². The monoisotopic (exact) mass is 377 g/mol. The van der Waals surface area contributed by atoms with Crippen molar-refractivity contribution >= 4 is 17.5 Å². The van der Waals surface area contributed by atoms with Crippen LogP contribution in [0.2, 0.25) is 0 Å². The summed E-state index contributed by atoms with van der Waals surface area (Å²) in [5.74, 6) is 2.21. The molecule has 28 heavy (non-hydrogen) atoms. The van der Waals surface area contributed by atoms with Crippen LogP contribution < -0.4 is 15.4 Å². The van der Waals surface area contributed by atoms with Gasteiger partial charge in [-0.1, -0.05) is 30.3 Å². The topological polar surface area (TPSA) is 62.3 Å². The van der Waals surface area contributed by atoms with Gasteiger partial charge in [-0.3, -0.25) is 0 Å². The van der Waals surface area contributed by atoms with Crippen molar-refractivity contribution in [1.82, 2.24) is 14.9 Å². The Kier molecular flexibility index (Phi) is 7.21. The van der Waals surface area contributed by atoms with Crippen LogP contribution in [-0.4, -0.2) is 42.1 Å². The normalized spacial score (nSPS) is 10.7. The molecule has 2 N–H and O–H groups in total. The highest BCUT2D eigenvalue weighted by Gasteiger charge is 2.02. The van der Waals surface area contributed by atoms with Crippen LogP contribution in [0.1, 0.15) is 12.0 Å².